The highest BCUT2D eigenvalue weighted by Gasteiger charge is 2.42. The van der Waals surface area contributed by atoms with Gasteiger partial charge in [0.25, 0.3) is 0 Å². The molecular weight excluding hydrogens is 466 g/mol. The van der Waals surface area contributed by atoms with E-state index in [1.807, 2.05) is 11.8 Å². The van der Waals surface area contributed by atoms with Gasteiger partial charge in [-0.3, -0.25) is 9.59 Å². The number of urea groups is 1. The molecule has 3 amide bonds. The van der Waals surface area contributed by atoms with Gasteiger partial charge in [0.15, 0.2) is 0 Å². The number of ether oxygens (including phenoxy) is 4. The Hall–Kier alpha value is -1.60. The average Bonchev–Trinajstić information content (AvgIpc) is 3.35. The maximum absolute atomic E-state index is 12.3. The summed E-state index contributed by atoms with van der Waals surface area (Å²) >= 11 is 1.90. The number of hydrogen-bond acceptors (Lipinski definition) is 8. The quantitative estimate of drug-likeness (QED) is 0.161. The molecule has 2 fully saturated rings. The topological polar surface area (TPSA) is 136 Å². The van der Waals surface area contributed by atoms with Crippen molar-refractivity contribution in [2.24, 2.45) is 0 Å². The van der Waals surface area contributed by atoms with Crippen LogP contribution in [0.4, 0.5) is 4.79 Å². The Labute approximate surface area is 205 Å². The molecule has 34 heavy (non-hydrogen) atoms. The van der Waals surface area contributed by atoms with Crippen molar-refractivity contribution in [1.82, 2.24) is 15.5 Å². The predicted octanol–water partition coefficient (Wildman–Crippen LogP) is 0.712. The van der Waals surface area contributed by atoms with Crippen molar-refractivity contribution < 1.29 is 38.4 Å². The minimum Gasteiger partial charge on any atom is -0.481 e. The van der Waals surface area contributed by atoms with Crippen LogP contribution in [0.1, 0.15) is 32.1 Å². The van der Waals surface area contributed by atoms with Gasteiger partial charge in [-0.25, -0.2) is 4.79 Å². The lowest BCUT2D eigenvalue weighted by Gasteiger charge is -2.18. The maximum Gasteiger partial charge on any atom is 0.315 e. The lowest BCUT2D eigenvalue weighted by molar-refractivity contribution is -0.138. The SMILES string of the molecule is CN(CCOCCOCCOCCOCCC(=O)O)C(=O)CCCCC1SCC2NC(=O)NC21. The minimum absolute atomic E-state index is 0.00536. The van der Waals surface area contributed by atoms with Gasteiger partial charge in [-0.05, 0) is 12.8 Å². The van der Waals surface area contributed by atoms with E-state index >= 15 is 0 Å². The Morgan fingerprint density at radius 2 is 1.56 bits per heavy atom. The third kappa shape index (κ3) is 11.7. The molecule has 12 heteroatoms. The molecule has 0 aromatic carbocycles. The molecule has 0 aromatic rings. The Kier molecular flexibility index (Phi) is 14.3. The number of carboxylic acid groups (broad SMARTS) is 1. The van der Waals surface area contributed by atoms with Crippen molar-refractivity contribution >= 4 is 29.7 Å². The molecule has 2 heterocycles. The smallest absolute Gasteiger partial charge is 0.315 e. The summed E-state index contributed by atoms with van der Waals surface area (Å²) in [5.41, 5.74) is 0. The second kappa shape index (κ2) is 16.9. The molecule has 3 atom stereocenters. The van der Waals surface area contributed by atoms with Crippen LogP contribution in [0, 0.1) is 0 Å². The number of carbonyl (C=O) groups is 3. The first-order valence-corrected chi connectivity index (χ1v) is 13.0. The number of thioether (sulfide) groups is 1. The second-order valence-corrected chi connectivity index (χ2v) is 9.55. The number of unbranched alkanes of at least 4 members (excludes halogenated alkanes) is 1. The number of fused-ring (bicyclic) bond motifs is 1. The molecule has 0 radical (unpaired) electrons. The van der Waals surface area contributed by atoms with E-state index < -0.39 is 5.97 Å². The third-order valence-corrected chi connectivity index (χ3v) is 7.15. The molecule has 2 rings (SSSR count). The fourth-order valence-corrected chi connectivity index (χ4v) is 5.25. The Morgan fingerprint density at radius 1 is 0.941 bits per heavy atom. The Morgan fingerprint density at radius 3 is 2.21 bits per heavy atom. The summed E-state index contributed by atoms with van der Waals surface area (Å²) in [4.78, 5) is 35.7. The number of amides is 3. The lowest BCUT2D eigenvalue weighted by Crippen LogP contribution is -2.36. The Bertz CT molecular complexity index is 627. The van der Waals surface area contributed by atoms with Gasteiger partial charge in [-0.2, -0.15) is 11.8 Å². The molecule has 0 aromatic heterocycles. The number of nitrogens with one attached hydrogen (secondary N) is 2. The summed E-state index contributed by atoms with van der Waals surface area (Å²) < 4.78 is 21.3. The fraction of sp³-hybridized carbons (Fsp3) is 0.864. The van der Waals surface area contributed by atoms with Gasteiger partial charge >= 0.3 is 12.0 Å². The van der Waals surface area contributed by atoms with Gasteiger partial charge in [0.05, 0.1) is 71.4 Å². The monoisotopic (exact) mass is 505 g/mol. The first-order chi connectivity index (χ1) is 16.5. The molecule has 2 aliphatic heterocycles. The molecule has 2 aliphatic rings. The summed E-state index contributed by atoms with van der Waals surface area (Å²) in [6.07, 6.45) is 3.37. The number of likely N-dealkylation sites (N-methyl/N-ethyl adjacent to an activating group) is 1. The first kappa shape index (κ1) is 28.6. The summed E-state index contributed by atoms with van der Waals surface area (Å²) in [5, 5.41) is 14.9. The molecule has 0 spiro atoms. The molecule has 3 N–H and O–H groups in total. The summed E-state index contributed by atoms with van der Waals surface area (Å²) in [7, 11) is 1.79. The van der Waals surface area contributed by atoms with Crippen LogP contribution in [0.15, 0.2) is 0 Å². The van der Waals surface area contributed by atoms with Crippen LogP contribution >= 0.6 is 11.8 Å². The van der Waals surface area contributed by atoms with Crippen LogP contribution in [-0.4, -0.2) is 117 Å². The van der Waals surface area contributed by atoms with E-state index in [0.29, 0.717) is 64.5 Å². The molecule has 0 bridgehead atoms. The van der Waals surface area contributed by atoms with E-state index in [-0.39, 0.29) is 37.0 Å². The minimum atomic E-state index is -0.877. The van der Waals surface area contributed by atoms with Crippen molar-refractivity contribution in [3.63, 3.8) is 0 Å². The molecule has 0 aliphatic carbocycles. The van der Waals surface area contributed by atoms with Gasteiger partial charge < -0.3 is 39.6 Å². The number of nitrogens with zero attached hydrogens (tertiary/aromatic N) is 1. The van der Waals surface area contributed by atoms with Gasteiger partial charge in [-0.15, -0.1) is 0 Å². The van der Waals surface area contributed by atoms with Crippen molar-refractivity contribution in [2.75, 3.05) is 72.2 Å². The number of hydrogen-bond donors (Lipinski definition) is 3. The number of rotatable bonds is 20. The van der Waals surface area contributed by atoms with Crippen LogP contribution in [-0.2, 0) is 28.5 Å². The zero-order chi connectivity index (χ0) is 24.6. The summed E-state index contributed by atoms with van der Waals surface area (Å²) in [6, 6.07) is 0.409. The predicted molar refractivity (Wildman–Crippen MR) is 127 cm³/mol. The molecule has 11 nitrogen and oxygen atoms in total. The van der Waals surface area contributed by atoms with Crippen molar-refractivity contribution in [2.45, 2.75) is 49.4 Å². The zero-order valence-corrected chi connectivity index (χ0v) is 20.8. The van der Waals surface area contributed by atoms with E-state index in [2.05, 4.69) is 10.6 Å². The van der Waals surface area contributed by atoms with Gasteiger partial charge in [0, 0.05) is 31.0 Å². The van der Waals surface area contributed by atoms with Crippen molar-refractivity contribution in [3.05, 3.63) is 0 Å². The molecule has 196 valence electrons. The van der Waals surface area contributed by atoms with Gasteiger partial charge in [-0.1, -0.05) is 6.42 Å². The van der Waals surface area contributed by atoms with Crippen LogP contribution in [0.5, 0.6) is 0 Å². The van der Waals surface area contributed by atoms with Crippen molar-refractivity contribution in [1.29, 1.82) is 0 Å². The number of carboxylic acids is 1. The lowest BCUT2D eigenvalue weighted by atomic mass is 10.0. The van der Waals surface area contributed by atoms with E-state index in [4.69, 9.17) is 24.1 Å². The molecule has 2 saturated heterocycles. The largest absolute Gasteiger partial charge is 0.481 e. The van der Waals surface area contributed by atoms with Crippen molar-refractivity contribution in [3.8, 4) is 0 Å². The number of carbonyl (C=O) groups excluding carboxylic acids is 2. The summed E-state index contributed by atoms with van der Waals surface area (Å²) in [6.45, 7) is 3.74. The summed E-state index contributed by atoms with van der Waals surface area (Å²) in [5.74, 6) is 0.205. The van der Waals surface area contributed by atoms with Crippen LogP contribution < -0.4 is 10.6 Å². The standard InChI is InChI=1S/C22H39N3O8S/c1-25(7-9-31-11-13-33-15-14-32-12-10-30-8-6-20(27)28)19(26)5-3-2-4-18-21-17(16-34-18)23-22(29)24-21/h17-18,21H,2-16H2,1H3,(H,27,28)(H2,23,24,29). The van der Waals surface area contributed by atoms with E-state index in [9.17, 15) is 14.4 Å². The molecular formula is C22H39N3O8S. The van der Waals surface area contributed by atoms with Crippen LogP contribution in [0.2, 0.25) is 0 Å². The molecule has 0 saturated carbocycles. The van der Waals surface area contributed by atoms with Gasteiger partial charge in [0.1, 0.15) is 0 Å². The third-order valence-electron chi connectivity index (χ3n) is 5.64. The van der Waals surface area contributed by atoms with E-state index in [1.165, 1.54) is 0 Å². The Balaban J connectivity index is 1.33. The average molecular weight is 506 g/mol. The highest BCUT2D eigenvalue weighted by atomic mass is 32.2. The normalized spacial score (nSPS) is 21.2. The second-order valence-electron chi connectivity index (χ2n) is 8.28. The number of aliphatic carboxylic acids is 1. The first-order valence-electron chi connectivity index (χ1n) is 11.9. The van der Waals surface area contributed by atoms with Crippen LogP contribution in [0.25, 0.3) is 0 Å². The highest BCUT2D eigenvalue weighted by molar-refractivity contribution is 8.00. The van der Waals surface area contributed by atoms with E-state index in [1.54, 1.807) is 11.9 Å². The van der Waals surface area contributed by atoms with Crippen LogP contribution in [0.3, 0.4) is 0 Å². The molecule has 3 unspecified atom stereocenters. The zero-order valence-electron chi connectivity index (χ0n) is 20.0. The fourth-order valence-electron chi connectivity index (χ4n) is 3.70. The maximum atomic E-state index is 12.3. The van der Waals surface area contributed by atoms with E-state index in [0.717, 1.165) is 25.0 Å². The highest BCUT2D eigenvalue weighted by Crippen LogP contribution is 2.33. The van der Waals surface area contributed by atoms with Gasteiger partial charge in [0.2, 0.25) is 5.91 Å².